The van der Waals surface area contributed by atoms with Crippen LogP contribution in [-0.4, -0.2) is 31.7 Å². The van der Waals surface area contributed by atoms with E-state index in [0.29, 0.717) is 6.17 Å². The number of hydrogen-bond acceptors (Lipinski definition) is 2. The average Bonchev–Trinajstić information content (AvgIpc) is 2.41. The van der Waals surface area contributed by atoms with Gasteiger partial charge < -0.3 is 5.32 Å². The van der Waals surface area contributed by atoms with Gasteiger partial charge in [-0.3, -0.25) is 4.90 Å². The van der Waals surface area contributed by atoms with Crippen molar-refractivity contribution in [2.24, 2.45) is 11.8 Å². The van der Waals surface area contributed by atoms with E-state index >= 15 is 0 Å². The van der Waals surface area contributed by atoms with E-state index in [4.69, 9.17) is 0 Å². The molecule has 0 aromatic heterocycles. The maximum Gasteiger partial charge on any atom is 0.0624 e. The van der Waals surface area contributed by atoms with Crippen LogP contribution in [0.3, 0.4) is 0 Å². The summed E-state index contributed by atoms with van der Waals surface area (Å²) in [7, 11) is 4.36. The number of fused-ring (bicyclic) bond motifs is 1. The molecule has 1 heterocycles. The quantitative estimate of drug-likeness (QED) is 0.603. The molecule has 1 saturated heterocycles. The van der Waals surface area contributed by atoms with E-state index in [1.165, 1.54) is 25.8 Å². The second kappa shape index (κ2) is 2.76. The molecule has 2 nitrogen and oxygen atoms in total. The van der Waals surface area contributed by atoms with Crippen LogP contribution in [0.15, 0.2) is 0 Å². The van der Waals surface area contributed by atoms with Crippen LogP contribution in [0.5, 0.6) is 0 Å². The van der Waals surface area contributed by atoms with Gasteiger partial charge >= 0.3 is 0 Å². The van der Waals surface area contributed by atoms with Crippen molar-refractivity contribution >= 4 is 0 Å². The molecule has 1 saturated carbocycles. The summed E-state index contributed by atoms with van der Waals surface area (Å²) >= 11 is 0. The SMILES string of the molecule is CN(C)C1NCC2CCCC21. The summed E-state index contributed by atoms with van der Waals surface area (Å²) in [6.07, 6.45) is 5.03. The van der Waals surface area contributed by atoms with E-state index < -0.39 is 0 Å². The maximum atomic E-state index is 3.58. The molecule has 3 atom stereocenters. The van der Waals surface area contributed by atoms with Crippen LogP contribution >= 0.6 is 0 Å². The molecule has 2 heteroatoms. The van der Waals surface area contributed by atoms with Gasteiger partial charge in [0.2, 0.25) is 0 Å². The Bertz CT molecular complexity index is 144. The Kier molecular flexibility index (Phi) is 1.90. The molecule has 3 unspecified atom stereocenters. The van der Waals surface area contributed by atoms with Crippen molar-refractivity contribution in [3.63, 3.8) is 0 Å². The second-order valence-electron chi connectivity index (χ2n) is 4.17. The summed E-state index contributed by atoms with van der Waals surface area (Å²) in [6.45, 7) is 1.26. The van der Waals surface area contributed by atoms with Crippen LogP contribution in [-0.2, 0) is 0 Å². The first-order valence-electron chi connectivity index (χ1n) is 4.69. The lowest BCUT2D eigenvalue weighted by atomic mass is 9.98. The number of hydrogen-bond donors (Lipinski definition) is 1. The molecule has 1 aliphatic carbocycles. The molecule has 0 amide bonds. The molecule has 0 aromatic carbocycles. The summed E-state index contributed by atoms with van der Waals surface area (Å²) in [6, 6.07) is 0. The molecular formula is C9H18N2. The van der Waals surface area contributed by atoms with Gasteiger partial charge in [-0.1, -0.05) is 6.42 Å². The summed E-state index contributed by atoms with van der Waals surface area (Å²) in [4.78, 5) is 2.33. The molecule has 1 aliphatic heterocycles. The molecule has 2 fully saturated rings. The van der Waals surface area contributed by atoms with E-state index in [9.17, 15) is 0 Å². The van der Waals surface area contributed by atoms with Gasteiger partial charge in [0.1, 0.15) is 0 Å². The van der Waals surface area contributed by atoms with E-state index in [0.717, 1.165) is 11.8 Å². The van der Waals surface area contributed by atoms with Crippen LogP contribution in [0.4, 0.5) is 0 Å². The topological polar surface area (TPSA) is 15.3 Å². The molecule has 2 rings (SSSR count). The summed E-state index contributed by atoms with van der Waals surface area (Å²) in [5.41, 5.74) is 0. The van der Waals surface area contributed by atoms with E-state index in [1.807, 2.05) is 0 Å². The highest BCUT2D eigenvalue weighted by atomic mass is 15.3. The Morgan fingerprint density at radius 3 is 2.82 bits per heavy atom. The summed E-state index contributed by atoms with van der Waals surface area (Å²) in [5.74, 6) is 1.94. The fourth-order valence-electron chi connectivity index (χ4n) is 2.72. The minimum atomic E-state index is 0.669. The summed E-state index contributed by atoms with van der Waals surface area (Å²) in [5, 5.41) is 3.58. The van der Waals surface area contributed by atoms with Crippen LogP contribution in [0.2, 0.25) is 0 Å². The van der Waals surface area contributed by atoms with Crippen molar-refractivity contribution in [2.45, 2.75) is 25.4 Å². The highest BCUT2D eigenvalue weighted by Gasteiger charge is 2.39. The van der Waals surface area contributed by atoms with Gasteiger partial charge in [-0.15, -0.1) is 0 Å². The first-order chi connectivity index (χ1) is 5.29. The Morgan fingerprint density at radius 1 is 1.27 bits per heavy atom. The molecule has 0 spiro atoms. The van der Waals surface area contributed by atoms with Gasteiger partial charge in [0.25, 0.3) is 0 Å². The van der Waals surface area contributed by atoms with Crippen molar-refractivity contribution < 1.29 is 0 Å². The normalized spacial score (nSPS) is 43.4. The Labute approximate surface area is 69.0 Å². The molecule has 11 heavy (non-hydrogen) atoms. The highest BCUT2D eigenvalue weighted by Crippen LogP contribution is 2.37. The molecule has 0 radical (unpaired) electrons. The standard InChI is InChI=1S/C9H18N2/c1-11(2)9-8-5-3-4-7(8)6-10-9/h7-10H,3-6H2,1-2H3. The lowest BCUT2D eigenvalue weighted by molar-refractivity contribution is 0.208. The zero-order valence-corrected chi connectivity index (χ0v) is 7.51. The molecule has 0 bridgehead atoms. The Balaban J connectivity index is 2.03. The van der Waals surface area contributed by atoms with Crippen LogP contribution in [0.25, 0.3) is 0 Å². The van der Waals surface area contributed by atoms with Crippen molar-refractivity contribution in [3.05, 3.63) is 0 Å². The van der Waals surface area contributed by atoms with Gasteiger partial charge in [-0.2, -0.15) is 0 Å². The van der Waals surface area contributed by atoms with Gasteiger partial charge in [0.15, 0.2) is 0 Å². The van der Waals surface area contributed by atoms with Crippen LogP contribution < -0.4 is 5.32 Å². The first-order valence-corrected chi connectivity index (χ1v) is 4.69. The smallest absolute Gasteiger partial charge is 0.0624 e. The van der Waals surface area contributed by atoms with E-state index in [1.54, 1.807) is 0 Å². The van der Waals surface area contributed by atoms with E-state index in [-0.39, 0.29) is 0 Å². The van der Waals surface area contributed by atoms with Crippen molar-refractivity contribution in [1.82, 2.24) is 10.2 Å². The van der Waals surface area contributed by atoms with E-state index in [2.05, 4.69) is 24.3 Å². The predicted octanol–water partition coefficient (Wildman–Crippen LogP) is 0.894. The van der Waals surface area contributed by atoms with Crippen LogP contribution in [0.1, 0.15) is 19.3 Å². The van der Waals surface area contributed by atoms with Crippen molar-refractivity contribution in [3.8, 4) is 0 Å². The molecule has 64 valence electrons. The highest BCUT2D eigenvalue weighted by molar-refractivity contribution is 4.92. The zero-order chi connectivity index (χ0) is 7.84. The predicted molar refractivity (Wildman–Crippen MR) is 46.3 cm³/mol. The van der Waals surface area contributed by atoms with Gasteiger partial charge in [-0.05, 0) is 45.3 Å². The molecular weight excluding hydrogens is 136 g/mol. The Hall–Kier alpha value is -0.0800. The first kappa shape index (κ1) is 7.56. The zero-order valence-electron chi connectivity index (χ0n) is 7.51. The Morgan fingerprint density at radius 2 is 2.09 bits per heavy atom. The molecule has 1 N–H and O–H groups in total. The van der Waals surface area contributed by atoms with Crippen molar-refractivity contribution in [1.29, 1.82) is 0 Å². The second-order valence-corrected chi connectivity index (χ2v) is 4.17. The van der Waals surface area contributed by atoms with Gasteiger partial charge in [0, 0.05) is 0 Å². The maximum absolute atomic E-state index is 3.58. The minimum Gasteiger partial charge on any atom is -0.301 e. The number of nitrogens with zero attached hydrogens (tertiary/aromatic N) is 1. The number of nitrogens with one attached hydrogen (secondary N) is 1. The average molecular weight is 154 g/mol. The lowest BCUT2D eigenvalue weighted by Gasteiger charge is -2.25. The minimum absolute atomic E-state index is 0.669. The lowest BCUT2D eigenvalue weighted by Crippen LogP contribution is -2.40. The monoisotopic (exact) mass is 154 g/mol. The largest absolute Gasteiger partial charge is 0.301 e. The molecule has 0 aromatic rings. The van der Waals surface area contributed by atoms with Crippen LogP contribution in [0, 0.1) is 11.8 Å². The van der Waals surface area contributed by atoms with Crippen molar-refractivity contribution in [2.75, 3.05) is 20.6 Å². The number of rotatable bonds is 1. The third-order valence-corrected chi connectivity index (χ3v) is 3.27. The third kappa shape index (κ3) is 1.18. The third-order valence-electron chi connectivity index (χ3n) is 3.27. The fraction of sp³-hybridized carbons (Fsp3) is 1.00. The summed E-state index contributed by atoms with van der Waals surface area (Å²) < 4.78 is 0. The molecule has 2 aliphatic rings. The van der Waals surface area contributed by atoms with Gasteiger partial charge in [-0.25, -0.2) is 0 Å². The van der Waals surface area contributed by atoms with Gasteiger partial charge in [0.05, 0.1) is 6.17 Å². The fourth-order valence-corrected chi connectivity index (χ4v) is 2.72.